The van der Waals surface area contributed by atoms with E-state index in [1.807, 2.05) is 6.92 Å². The number of hydrogen-bond acceptors (Lipinski definition) is 4. The largest absolute Gasteiger partial charge is 0.494 e. The van der Waals surface area contributed by atoms with E-state index in [9.17, 15) is 13.2 Å². The zero-order valence-electron chi connectivity index (χ0n) is 18.4. The molecule has 1 aromatic carbocycles. The van der Waals surface area contributed by atoms with Crippen molar-refractivity contribution in [3.05, 3.63) is 24.3 Å². The van der Waals surface area contributed by atoms with Gasteiger partial charge in [-0.05, 0) is 100 Å². The molecule has 6 rings (SSSR count). The van der Waals surface area contributed by atoms with Crippen molar-refractivity contribution in [2.45, 2.75) is 68.7 Å². The summed E-state index contributed by atoms with van der Waals surface area (Å²) in [4.78, 5) is 13.4. The van der Waals surface area contributed by atoms with E-state index in [-0.39, 0.29) is 22.3 Å². The number of ether oxygens (including phenoxy) is 1. The van der Waals surface area contributed by atoms with Crippen molar-refractivity contribution in [1.82, 2.24) is 9.62 Å². The molecular formula is C24H34N2O4S. The van der Waals surface area contributed by atoms with Gasteiger partial charge in [-0.25, -0.2) is 8.42 Å². The number of sulfonamides is 1. The topological polar surface area (TPSA) is 75.7 Å². The number of piperidine rings is 1. The normalized spacial score (nSPS) is 33.4. The fourth-order valence-electron chi connectivity index (χ4n) is 7.01. The lowest BCUT2D eigenvalue weighted by Gasteiger charge is -2.57. The maximum atomic E-state index is 13.1. The number of carbonyl (C=O) groups excluding carboxylic acids is 1. The Labute approximate surface area is 185 Å². The van der Waals surface area contributed by atoms with Gasteiger partial charge in [0, 0.05) is 24.5 Å². The molecule has 1 heterocycles. The van der Waals surface area contributed by atoms with Crippen LogP contribution in [0.4, 0.5) is 0 Å². The van der Waals surface area contributed by atoms with Crippen LogP contribution in [0.15, 0.2) is 29.2 Å². The maximum absolute atomic E-state index is 13.1. The molecule has 5 aliphatic rings. The van der Waals surface area contributed by atoms with Gasteiger partial charge in [-0.3, -0.25) is 4.79 Å². The summed E-state index contributed by atoms with van der Waals surface area (Å²) < 4.78 is 33.0. The minimum absolute atomic E-state index is 0.0251. The molecule has 0 atom stereocenters. The van der Waals surface area contributed by atoms with Crippen LogP contribution < -0.4 is 10.1 Å². The average molecular weight is 447 g/mol. The zero-order chi connectivity index (χ0) is 21.6. The highest BCUT2D eigenvalue weighted by Crippen LogP contribution is 2.55. The van der Waals surface area contributed by atoms with E-state index < -0.39 is 10.0 Å². The van der Waals surface area contributed by atoms with Crippen LogP contribution in [0.25, 0.3) is 0 Å². The Kier molecular flexibility index (Phi) is 5.53. The van der Waals surface area contributed by atoms with E-state index in [4.69, 9.17) is 4.74 Å². The van der Waals surface area contributed by atoms with Gasteiger partial charge in [0.15, 0.2) is 0 Å². The predicted molar refractivity (Wildman–Crippen MR) is 118 cm³/mol. The molecule has 1 aromatic rings. The molecule has 0 radical (unpaired) electrons. The third-order valence-electron chi connectivity index (χ3n) is 8.02. The first-order valence-electron chi connectivity index (χ1n) is 11.9. The molecule has 4 bridgehead atoms. The molecule has 6 nitrogen and oxygen atoms in total. The molecule has 1 saturated heterocycles. The summed E-state index contributed by atoms with van der Waals surface area (Å²) in [6, 6.07) is 6.60. The maximum Gasteiger partial charge on any atom is 0.243 e. The Hall–Kier alpha value is -1.60. The summed E-state index contributed by atoms with van der Waals surface area (Å²) in [5.74, 6) is 3.13. The minimum Gasteiger partial charge on any atom is -0.494 e. The summed E-state index contributed by atoms with van der Waals surface area (Å²) in [6.07, 6.45) is 8.70. The minimum atomic E-state index is -3.54. The first-order valence-corrected chi connectivity index (χ1v) is 13.4. The van der Waals surface area contributed by atoms with Gasteiger partial charge >= 0.3 is 0 Å². The Morgan fingerprint density at radius 2 is 1.58 bits per heavy atom. The van der Waals surface area contributed by atoms with Crippen molar-refractivity contribution in [1.29, 1.82) is 0 Å². The molecule has 1 aliphatic heterocycles. The van der Waals surface area contributed by atoms with Crippen molar-refractivity contribution in [3.63, 3.8) is 0 Å². The van der Waals surface area contributed by atoms with Crippen LogP contribution >= 0.6 is 0 Å². The van der Waals surface area contributed by atoms with Crippen LogP contribution in [0.5, 0.6) is 5.75 Å². The Morgan fingerprint density at radius 3 is 2.10 bits per heavy atom. The third kappa shape index (κ3) is 4.11. The fraction of sp³-hybridized carbons (Fsp3) is 0.708. The third-order valence-corrected chi connectivity index (χ3v) is 9.94. The second-order valence-electron chi connectivity index (χ2n) is 10.3. The van der Waals surface area contributed by atoms with Crippen LogP contribution in [0.1, 0.15) is 58.3 Å². The lowest BCUT2D eigenvalue weighted by molar-refractivity contribution is -0.132. The lowest BCUT2D eigenvalue weighted by Crippen LogP contribution is -2.61. The molecule has 5 fully saturated rings. The van der Waals surface area contributed by atoms with Crippen LogP contribution in [0.3, 0.4) is 0 Å². The summed E-state index contributed by atoms with van der Waals surface area (Å²) in [5.41, 5.74) is 0.0251. The first-order chi connectivity index (χ1) is 14.9. The van der Waals surface area contributed by atoms with E-state index in [2.05, 4.69) is 5.32 Å². The SMILES string of the molecule is CCOc1ccc(S(=O)(=O)N2CCC(C(=O)NC34CC5CC(CC(C5)C3)C4)CC2)cc1. The Morgan fingerprint density at radius 1 is 1.03 bits per heavy atom. The van der Waals surface area contributed by atoms with E-state index in [1.54, 1.807) is 24.3 Å². The molecule has 1 N–H and O–H groups in total. The van der Waals surface area contributed by atoms with Gasteiger partial charge in [0.2, 0.25) is 15.9 Å². The average Bonchev–Trinajstić information content (AvgIpc) is 2.73. The molecule has 4 aliphatic carbocycles. The number of nitrogens with one attached hydrogen (secondary N) is 1. The van der Waals surface area contributed by atoms with Crippen molar-refractivity contribution in [3.8, 4) is 5.75 Å². The summed E-state index contributed by atoms with van der Waals surface area (Å²) >= 11 is 0. The predicted octanol–water partition coefficient (Wildman–Crippen LogP) is 3.57. The summed E-state index contributed by atoms with van der Waals surface area (Å²) in [6.45, 7) is 3.24. The van der Waals surface area contributed by atoms with E-state index in [1.165, 1.54) is 23.6 Å². The second kappa shape index (κ2) is 8.07. The molecule has 4 saturated carbocycles. The lowest BCUT2D eigenvalue weighted by atomic mass is 9.53. The second-order valence-corrected chi connectivity index (χ2v) is 12.2. The van der Waals surface area contributed by atoms with E-state index >= 15 is 0 Å². The van der Waals surface area contributed by atoms with Crippen LogP contribution in [0.2, 0.25) is 0 Å². The van der Waals surface area contributed by atoms with Crippen molar-refractivity contribution < 1.29 is 17.9 Å². The van der Waals surface area contributed by atoms with E-state index in [0.717, 1.165) is 37.0 Å². The first kappa shape index (κ1) is 21.3. The molecule has 0 unspecified atom stereocenters. The van der Waals surface area contributed by atoms with Gasteiger partial charge in [0.05, 0.1) is 11.5 Å². The monoisotopic (exact) mass is 446 g/mol. The zero-order valence-corrected chi connectivity index (χ0v) is 19.2. The van der Waals surface area contributed by atoms with Gasteiger partial charge in [0.25, 0.3) is 0 Å². The number of carbonyl (C=O) groups is 1. The highest BCUT2D eigenvalue weighted by atomic mass is 32.2. The molecule has 31 heavy (non-hydrogen) atoms. The number of nitrogens with zero attached hydrogens (tertiary/aromatic N) is 1. The highest BCUT2D eigenvalue weighted by molar-refractivity contribution is 7.89. The van der Waals surface area contributed by atoms with Crippen molar-refractivity contribution >= 4 is 15.9 Å². The molecule has 7 heteroatoms. The summed E-state index contributed by atoms with van der Waals surface area (Å²) in [7, 11) is -3.54. The standard InChI is InChI=1S/C24H34N2O4S/c1-2-30-21-3-5-22(6-4-21)31(28,29)26-9-7-20(8-10-26)23(27)25-24-14-17-11-18(15-24)13-19(12-17)16-24/h3-6,17-20H,2,7-16H2,1H3,(H,25,27). The van der Waals surface area contributed by atoms with Gasteiger partial charge < -0.3 is 10.1 Å². The number of benzene rings is 1. The van der Waals surface area contributed by atoms with Crippen molar-refractivity contribution in [2.75, 3.05) is 19.7 Å². The fourth-order valence-corrected chi connectivity index (χ4v) is 8.48. The Balaban J connectivity index is 1.19. The van der Waals surface area contributed by atoms with Gasteiger partial charge in [0.1, 0.15) is 5.75 Å². The summed E-state index contributed by atoms with van der Waals surface area (Å²) in [5, 5.41) is 3.48. The van der Waals surface area contributed by atoms with Gasteiger partial charge in [-0.15, -0.1) is 0 Å². The van der Waals surface area contributed by atoms with Crippen molar-refractivity contribution in [2.24, 2.45) is 23.7 Å². The van der Waals surface area contributed by atoms with Crippen LogP contribution in [0, 0.1) is 23.7 Å². The number of amides is 1. The van der Waals surface area contributed by atoms with Crippen LogP contribution in [-0.4, -0.2) is 43.9 Å². The van der Waals surface area contributed by atoms with Gasteiger partial charge in [-0.2, -0.15) is 4.31 Å². The number of rotatable bonds is 6. The molecule has 0 aromatic heterocycles. The molecular weight excluding hydrogens is 412 g/mol. The molecule has 1 amide bonds. The molecule has 0 spiro atoms. The number of hydrogen-bond donors (Lipinski definition) is 1. The Bertz CT molecular complexity index is 884. The van der Waals surface area contributed by atoms with Gasteiger partial charge in [-0.1, -0.05) is 0 Å². The molecule has 170 valence electrons. The van der Waals surface area contributed by atoms with E-state index in [0.29, 0.717) is 38.3 Å². The highest BCUT2D eigenvalue weighted by Gasteiger charge is 2.52. The van der Waals surface area contributed by atoms with Crippen LogP contribution in [-0.2, 0) is 14.8 Å². The smallest absolute Gasteiger partial charge is 0.243 e. The quantitative estimate of drug-likeness (QED) is 0.725.